The van der Waals surface area contributed by atoms with Crippen LogP contribution in [0.25, 0.3) is 16.6 Å². The lowest BCUT2D eigenvalue weighted by molar-refractivity contribution is 0.0524. The van der Waals surface area contributed by atoms with Crippen LogP contribution in [0.1, 0.15) is 31.1 Å². The van der Waals surface area contributed by atoms with E-state index in [4.69, 9.17) is 14.2 Å². The predicted octanol–water partition coefficient (Wildman–Crippen LogP) is 4.00. The predicted molar refractivity (Wildman–Crippen MR) is 167 cm³/mol. The lowest BCUT2D eigenvalue weighted by atomic mass is 10.1. The number of nitrogens with zero attached hydrogens (tertiary/aromatic N) is 5. The van der Waals surface area contributed by atoms with Gasteiger partial charge in [-0.25, -0.2) is 23.2 Å². The van der Waals surface area contributed by atoms with Gasteiger partial charge in [0.1, 0.15) is 17.2 Å². The van der Waals surface area contributed by atoms with Crippen LogP contribution in [0, 0.1) is 11.6 Å². The Morgan fingerprint density at radius 3 is 1.78 bits per heavy atom. The summed E-state index contributed by atoms with van der Waals surface area (Å²) in [5.74, 6) is -2.24. The molecule has 14 heteroatoms. The maximum Gasteiger partial charge on any atom is 0.409 e. The van der Waals surface area contributed by atoms with Crippen molar-refractivity contribution >= 4 is 40.4 Å². The van der Waals surface area contributed by atoms with Crippen LogP contribution in [0.3, 0.4) is 0 Å². The van der Waals surface area contributed by atoms with Crippen LogP contribution in [0.4, 0.5) is 29.7 Å². The summed E-state index contributed by atoms with van der Waals surface area (Å²) in [7, 11) is 0. The molecule has 0 N–H and O–H groups in total. The first-order valence-corrected chi connectivity index (χ1v) is 15.4. The minimum atomic E-state index is -0.903. The molecule has 2 aromatic carbocycles. The van der Waals surface area contributed by atoms with Crippen molar-refractivity contribution in [1.29, 1.82) is 0 Å². The molecule has 0 spiro atoms. The van der Waals surface area contributed by atoms with E-state index in [1.807, 2.05) is 4.90 Å². The molecule has 3 heterocycles. The SMILES string of the molecule is CCOC(=O)c1cn(-c2ccc(N3CCN(C(=O)OCC)CC3)cc2F)c2cc(N3CCN(C(=O)OCC)CC3)c(F)cc2c1=O. The maximum absolute atomic E-state index is 16.0. The number of benzene rings is 2. The molecular formula is C32H37F2N5O7. The lowest BCUT2D eigenvalue weighted by Gasteiger charge is -2.36. The molecule has 46 heavy (non-hydrogen) atoms. The lowest BCUT2D eigenvalue weighted by Crippen LogP contribution is -2.49. The monoisotopic (exact) mass is 641 g/mol. The van der Waals surface area contributed by atoms with Gasteiger partial charge in [0.15, 0.2) is 0 Å². The number of anilines is 2. The normalized spacial score (nSPS) is 15.2. The van der Waals surface area contributed by atoms with Crippen LogP contribution in [-0.4, -0.2) is 105 Å². The van der Waals surface area contributed by atoms with Gasteiger partial charge in [-0.2, -0.15) is 0 Å². The van der Waals surface area contributed by atoms with Crippen LogP contribution >= 0.6 is 0 Å². The zero-order chi connectivity index (χ0) is 33.0. The molecule has 2 aliphatic rings. The molecule has 0 unspecified atom stereocenters. The number of carbonyl (C=O) groups excluding carboxylic acids is 3. The molecule has 0 atom stereocenters. The number of amides is 2. The highest BCUT2D eigenvalue weighted by atomic mass is 19.1. The largest absolute Gasteiger partial charge is 0.462 e. The van der Waals surface area contributed by atoms with Crippen molar-refractivity contribution in [2.45, 2.75) is 20.8 Å². The summed E-state index contributed by atoms with van der Waals surface area (Å²) in [6.45, 7) is 8.57. The number of pyridine rings is 1. The number of hydrogen-bond donors (Lipinski definition) is 0. The number of carbonyl (C=O) groups is 3. The van der Waals surface area contributed by atoms with Crippen LogP contribution < -0.4 is 15.2 Å². The van der Waals surface area contributed by atoms with E-state index in [1.165, 1.54) is 33.9 Å². The first kappa shape index (κ1) is 32.5. The standard InChI is InChI=1S/C32H37F2N5O7/c1-4-44-30(41)23-20-39(26-8-7-21(17-24(26)33)35-9-13-37(14-10-35)31(42)45-5-2)27-19-28(25(34)18-22(27)29(23)40)36-11-15-38(16-12-36)32(43)46-6-3/h7-8,17-20H,4-6,9-16H2,1-3H3. The molecule has 5 rings (SSSR count). The second-order valence-corrected chi connectivity index (χ2v) is 10.8. The molecule has 2 aliphatic heterocycles. The van der Waals surface area contributed by atoms with E-state index in [0.717, 1.165) is 6.07 Å². The summed E-state index contributed by atoms with van der Waals surface area (Å²) in [5, 5.41) is -0.115. The second kappa shape index (κ2) is 14.0. The summed E-state index contributed by atoms with van der Waals surface area (Å²) < 4.78 is 48.2. The fourth-order valence-corrected chi connectivity index (χ4v) is 5.72. The number of rotatable bonds is 7. The second-order valence-electron chi connectivity index (χ2n) is 10.8. The van der Waals surface area contributed by atoms with Crippen LogP contribution in [0.2, 0.25) is 0 Å². The Kier molecular flexibility index (Phi) is 9.93. The molecule has 2 amide bonds. The smallest absolute Gasteiger partial charge is 0.409 e. The highest BCUT2D eigenvalue weighted by Gasteiger charge is 2.27. The highest BCUT2D eigenvalue weighted by Crippen LogP contribution is 2.30. The Hall–Kier alpha value is -4.88. The maximum atomic E-state index is 16.0. The molecule has 3 aromatic rings. The molecular weight excluding hydrogens is 604 g/mol. The molecule has 0 radical (unpaired) electrons. The number of hydrogen-bond acceptors (Lipinski definition) is 9. The Morgan fingerprint density at radius 2 is 1.24 bits per heavy atom. The zero-order valence-corrected chi connectivity index (χ0v) is 26.1. The third-order valence-corrected chi connectivity index (χ3v) is 8.08. The molecule has 0 aliphatic carbocycles. The summed E-state index contributed by atoms with van der Waals surface area (Å²) in [6, 6.07) is 7.11. The highest BCUT2D eigenvalue weighted by molar-refractivity contribution is 5.95. The van der Waals surface area contributed by atoms with E-state index in [2.05, 4.69) is 0 Å². The fraction of sp³-hybridized carbons (Fsp3) is 0.438. The van der Waals surface area contributed by atoms with Gasteiger partial charge in [-0.1, -0.05) is 0 Å². The molecule has 0 saturated carbocycles. The number of ether oxygens (including phenoxy) is 3. The van der Waals surface area contributed by atoms with Crippen molar-refractivity contribution in [1.82, 2.24) is 14.4 Å². The number of piperazine rings is 2. The van der Waals surface area contributed by atoms with E-state index in [-0.39, 0.29) is 53.8 Å². The van der Waals surface area contributed by atoms with Gasteiger partial charge in [0.05, 0.1) is 36.7 Å². The minimum absolute atomic E-state index is 0.00781. The Bertz CT molecular complexity index is 1680. The molecule has 0 bridgehead atoms. The van der Waals surface area contributed by atoms with Crippen LogP contribution in [-0.2, 0) is 14.2 Å². The third kappa shape index (κ3) is 6.56. The Labute approximate surface area is 264 Å². The van der Waals surface area contributed by atoms with E-state index in [9.17, 15) is 19.2 Å². The number of halogens is 2. The number of esters is 1. The van der Waals surface area contributed by atoms with Crippen LogP contribution in [0.15, 0.2) is 41.3 Å². The summed E-state index contributed by atoms with van der Waals surface area (Å²) in [5.41, 5.74) is -0.107. The molecule has 2 saturated heterocycles. The quantitative estimate of drug-likeness (QED) is 0.279. The van der Waals surface area contributed by atoms with Crippen molar-refractivity contribution in [2.24, 2.45) is 0 Å². The Morgan fingerprint density at radius 1 is 0.696 bits per heavy atom. The molecule has 12 nitrogen and oxygen atoms in total. The summed E-state index contributed by atoms with van der Waals surface area (Å²) in [4.78, 5) is 57.2. The minimum Gasteiger partial charge on any atom is -0.462 e. The van der Waals surface area contributed by atoms with Gasteiger partial charge in [-0.3, -0.25) is 4.79 Å². The molecule has 1 aromatic heterocycles. The Balaban J connectivity index is 1.51. The fourth-order valence-electron chi connectivity index (χ4n) is 5.72. The summed E-state index contributed by atoms with van der Waals surface area (Å²) in [6.07, 6.45) is 0.392. The van der Waals surface area contributed by atoms with Crippen molar-refractivity contribution in [3.05, 3.63) is 63.9 Å². The number of fused-ring (bicyclic) bond motifs is 1. The zero-order valence-electron chi connectivity index (χ0n) is 26.1. The van der Waals surface area contributed by atoms with Gasteiger partial charge in [0.25, 0.3) is 0 Å². The van der Waals surface area contributed by atoms with Crippen molar-refractivity contribution in [3.8, 4) is 5.69 Å². The van der Waals surface area contributed by atoms with E-state index >= 15 is 8.78 Å². The van der Waals surface area contributed by atoms with Crippen molar-refractivity contribution in [3.63, 3.8) is 0 Å². The first-order valence-electron chi connectivity index (χ1n) is 15.4. The van der Waals surface area contributed by atoms with Gasteiger partial charge in [0.2, 0.25) is 5.43 Å². The first-order chi connectivity index (χ1) is 22.2. The third-order valence-electron chi connectivity index (χ3n) is 8.08. The van der Waals surface area contributed by atoms with E-state index < -0.39 is 29.1 Å². The number of aromatic nitrogens is 1. The average molecular weight is 642 g/mol. The average Bonchev–Trinajstić information content (AvgIpc) is 3.05. The van der Waals surface area contributed by atoms with Crippen molar-refractivity contribution in [2.75, 3.05) is 82.0 Å². The van der Waals surface area contributed by atoms with Gasteiger partial charge in [0, 0.05) is 69.6 Å². The molecule has 2 fully saturated rings. The molecule has 246 valence electrons. The van der Waals surface area contributed by atoms with E-state index in [0.29, 0.717) is 58.0 Å². The van der Waals surface area contributed by atoms with E-state index in [1.54, 1.807) is 36.6 Å². The summed E-state index contributed by atoms with van der Waals surface area (Å²) >= 11 is 0. The van der Waals surface area contributed by atoms with Gasteiger partial charge < -0.3 is 38.4 Å². The topological polar surface area (TPSA) is 114 Å². The van der Waals surface area contributed by atoms with Crippen molar-refractivity contribution < 1.29 is 37.4 Å². The van der Waals surface area contributed by atoms with Crippen LogP contribution in [0.5, 0.6) is 0 Å². The van der Waals surface area contributed by atoms with Gasteiger partial charge in [-0.05, 0) is 51.1 Å². The van der Waals surface area contributed by atoms with Gasteiger partial charge in [-0.15, -0.1) is 0 Å². The van der Waals surface area contributed by atoms with Gasteiger partial charge >= 0.3 is 18.2 Å².